The fourth-order valence-electron chi connectivity index (χ4n) is 5.86. The molecule has 0 spiro atoms. The first-order valence-corrected chi connectivity index (χ1v) is 15.8. The quantitative estimate of drug-likeness (QED) is 0.218. The normalized spacial score (nSPS) is 20.1. The Morgan fingerprint density at radius 3 is 2.50 bits per heavy atom. The molecule has 0 atom stereocenters. The number of imidazole rings is 1. The minimum Gasteiger partial charge on any atom is -0.465 e. The van der Waals surface area contributed by atoms with E-state index in [0.29, 0.717) is 42.2 Å². The molecular formula is C31H35N3O4S2. The summed E-state index contributed by atoms with van der Waals surface area (Å²) >= 11 is 3.01. The van der Waals surface area contributed by atoms with Crippen molar-refractivity contribution in [1.82, 2.24) is 9.38 Å². The summed E-state index contributed by atoms with van der Waals surface area (Å²) in [4.78, 5) is 36.1. The monoisotopic (exact) mass is 577 g/mol. The van der Waals surface area contributed by atoms with Gasteiger partial charge in [0.2, 0.25) is 5.91 Å². The number of hydrogen-bond acceptors (Lipinski definition) is 7. The number of thiophene rings is 1. The number of fused-ring (bicyclic) bond motifs is 1. The fraction of sp³-hybridized carbons (Fsp3) is 0.452. The van der Waals surface area contributed by atoms with Crippen molar-refractivity contribution in [2.24, 2.45) is 17.8 Å². The van der Waals surface area contributed by atoms with Gasteiger partial charge in [-0.2, -0.15) is 0 Å². The van der Waals surface area contributed by atoms with Crippen LogP contribution in [0.1, 0.15) is 55.1 Å². The molecule has 2 aliphatic rings. The summed E-state index contributed by atoms with van der Waals surface area (Å²) in [5.41, 5.74) is 3.64. The second kappa shape index (κ2) is 11.8. The van der Waals surface area contributed by atoms with Crippen LogP contribution in [0.2, 0.25) is 0 Å². The number of nitrogens with zero attached hydrogens (tertiary/aromatic N) is 3. The lowest BCUT2D eigenvalue weighted by molar-refractivity contribution is -0.123. The van der Waals surface area contributed by atoms with Gasteiger partial charge in [0.25, 0.3) is 0 Å². The molecule has 4 heterocycles. The van der Waals surface area contributed by atoms with Crippen molar-refractivity contribution >= 4 is 45.2 Å². The summed E-state index contributed by atoms with van der Waals surface area (Å²) in [6.45, 7) is 4.30. The van der Waals surface area contributed by atoms with E-state index in [0.717, 1.165) is 65.2 Å². The third-order valence-electron chi connectivity index (χ3n) is 8.35. The van der Waals surface area contributed by atoms with Crippen LogP contribution in [0.25, 0.3) is 26.7 Å². The molecule has 1 saturated heterocycles. The van der Waals surface area contributed by atoms with E-state index >= 15 is 0 Å². The Morgan fingerprint density at radius 1 is 1.07 bits per heavy atom. The van der Waals surface area contributed by atoms with Gasteiger partial charge in [-0.1, -0.05) is 31.2 Å². The maximum atomic E-state index is 14.1. The minimum absolute atomic E-state index is 0.00582. The predicted molar refractivity (Wildman–Crippen MR) is 160 cm³/mol. The summed E-state index contributed by atoms with van der Waals surface area (Å²) in [5.74, 6) is 0.741. The average Bonchev–Trinajstić information content (AvgIpc) is 3.72. The van der Waals surface area contributed by atoms with Gasteiger partial charge in [-0.15, -0.1) is 22.7 Å². The zero-order valence-electron chi connectivity index (χ0n) is 23.0. The lowest BCUT2D eigenvalue weighted by Gasteiger charge is -2.34. The van der Waals surface area contributed by atoms with E-state index in [1.54, 1.807) is 11.3 Å². The van der Waals surface area contributed by atoms with Crippen molar-refractivity contribution in [2.45, 2.75) is 45.4 Å². The highest BCUT2D eigenvalue weighted by molar-refractivity contribution is 7.18. The molecule has 3 aromatic heterocycles. The number of thiazole rings is 1. The Hall–Kier alpha value is -3.01. The number of hydrogen-bond donors (Lipinski definition) is 0. The van der Waals surface area contributed by atoms with Crippen LogP contribution in [0.3, 0.4) is 0 Å². The molecule has 9 heteroatoms. The van der Waals surface area contributed by atoms with Crippen molar-refractivity contribution in [3.8, 4) is 21.7 Å². The van der Waals surface area contributed by atoms with Crippen LogP contribution in [0, 0.1) is 17.8 Å². The Balaban J connectivity index is 1.33. The Labute approximate surface area is 242 Å². The topological polar surface area (TPSA) is 73.1 Å². The molecule has 0 bridgehead atoms. The molecule has 6 rings (SSSR count). The van der Waals surface area contributed by atoms with E-state index in [9.17, 15) is 9.59 Å². The van der Waals surface area contributed by atoms with E-state index in [1.165, 1.54) is 18.4 Å². The van der Waals surface area contributed by atoms with Crippen LogP contribution < -0.4 is 4.90 Å². The lowest BCUT2D eigenvalue weighted by atomic mass is 9.82. The number of carbonyl (C=O) groups excluding carboxylic acids is 2. The molecule has 4 aromatic rings. The van der Waals surface area contributed by atoms with Gasteiger partial charge in [0, 0.05) is 53.9 Å². The highest BCUT2D eigenvalue weighted by Gasteiger charge is 2.34. The van der Waals surface area contributed by atoms with Crippen LogP contribution in [0.15, 0.2) is 48.1 Å². The number of ether oxygens (including phenoxy) is 2. The van der Waals surface area contributed by atoms with Crippen molar-refractivity contribution in [3.05, 3.63) is 53.0 Å². The molecule has 1 saturated carbocycles. The third-order valence-corrected chi connectivity index (χ3v) is 10.3. The molecule has 40 heavy (non-hydrogen) atoms. The molecule has 1 aliphatic heterocycles. The van der Waals surface area contributed by atoms with E-state index in [2.05, 4.69) is 31.2 Å². The zero-order chi connectivity index (χ0) is 27.6. The van der Waals surface area contributed by atoms with Crippen molar-refractivity contribution in [1.29, 1.82) is 0 Å². The first kappa shape index (κ1) is 27.2. The van der Waals surface area contributed by atoms with Gasteiger partial charge >= 0.3 is 5.97 Å². The summed E-state index contributed by atoms with van der Waals surface area (Å²) in [7, 11) is 1.41. The summed E-state index contributed by atoms with van der Waals surface area (Å²) in [6.07, 6.45) is 9.83. The molecule has 0 N–H and O–H groups in total. The Bertz CT molecular complexity index is 1450. The van der Waals surface area contributed by atoms with Crippen LogP contribution >= 0.6 is 22.7 Å². The largest absolute Gasteiger partial charge is 0.465 e. The zero-order valence-corrected chi connectivity index (χ0v) is 24.6. The van der Waals surface area contributed by atoms with Gasteiger partial charge in [0.05, 0.1) is 18.5 Å². The third kappa shape index (κ3) is 5.60. The second-order valence-corrected chi connectivity index (χ2v) is 13.0. The number of aromatic nitrogens is 2. The van der Waals surface area contributed by atoms with Gasteiger partial charge in [-0.05, 0) is 62.0 Å². The van der Waals surface area contributed by atoms with Gasteiger partial charge in [-0.3, -0.25) is 9.20 Å². The van der Waals surface area contributed by atoms with Crippen molar-refractivity contribution in [2.75, 3.05) is 31.8 Å². The predicted octanol–water partition coefficient (Wildman–Crippen LogP) is 7.16. The first-order chi connectivity index (χ1) is 19.5. The fourth-order valence-corrected chi connectivity index (χ4v) is 7.64. The van der Waals surface area contributed by atoms with Gasteiger partial charge in [-0.25, -0.2) is 9.78 Å². The SMILES string of the molecule is COC(=O)c1sc(-c2ccc(-c3cn4ccsc4n3)cc2)cc1N(CC1CCOCC1)C(=O)[C@H]1CC[C@H](C)CC1. The van der Waals surface area contributed by atoms with E-state index < -0.39 is 5.97 Å². The van der Waals surface area contributed by atoms with Crippen molar-refractivity contribution < 1.29 is 19.1 Å². The minimum atomic E-state index is -0.400. The van der Waals surface area contributed by atoms with E-state index in [-0.39, 0.29) is 11.8 Å². The Morgan fingerprint density at radius 2 is 1.80 bits per heavy atom. The molecule has 2 fully saturated rings. The van der Waals surface area contributed by atoms with Gasteiger partial charge in [0.15, 0.2) is 4.96 Å². The average molecular weight is 578 g/mol. The first-order valence-electron chi connectivity index (χ1n) is 14.1. The van der Waals surface area contributed by atoms with E-state index in [4.69, 9.17) is 14.5 Å². The van der Waals surface area contributed by atoms with Gasteiger partial charge in [0.1, 0.15) is 4.88 Å². The standard InChI is InChI=1S/C31H35N3O4S2/c1-20-3-5-24(6-4-20)29(35)34(18-21-11-14-38-15-12-21)26-17-27(40-28(26)30(36)37-2)23-9-7-22(8-10-23)25-19-33-13-16-39-31(33)32-25/h7-10,13,16-17,19-21,24H,3-6,11-12,14-15,18H2,1-2H3/t20-,24-. The molecule has 7 nitrogen and oxygen atoms in total. The molecule has 210 valence electrons. The maximum Gasteiger partial charge on any atom is 0.350 e. The smallest absolute Gasteiger partial charge is 0.350 e. The second-order valence-electron chi connectivity index (χ2n) is 11.1. The number of anilines is 1. The summed E-state index contributed by atoms with van der Waals surface area (Å²) in [5, 5.41) is 2.02. The molecule has 0 radical (unpaired) electrons. The highest BCUT2D eigenvalue weighted by Crippen LogP contribution is 2.40. The molecule has 0 unspecified atom stereocenters. The van der Waals surface area contributed by atoms with Crippen LogP contribution in [0.5, 0.6) is 0 Å². The van der Waals surface area contributed by atoms with Crippen LogP contribution in [-0.2, 0) is 14.3 Å². The highest BCUT2D eigenvalue weighted by atomic mass is 32.1. The summed E-state index contributed by atoms with van der Waals surface area (Å²) < 4.78 is 12.8. The van der Waals surface area contributed by atoms with Gasteiger partial charge < -0.3 is 14.4 Å². The van der Waals surface area contributed by atoms with Crippen molar-refractivity contribution in [3.63, 3.8) is 0 Å². The van der Waals surface area contributed by atoms with E-state index in [1.807, 2.05) is 33.1 Å². The van der Waals surface area contributed by atoms with Crippen LogP contribution in [-0.4, -0.2) is 48.1 Å². The van der Waals surface area contributed by atoms with Crippen LogP contribution in [0.4, 0.5) is 5.69 Å². The lowest BCUT2D eigenvalue weighted by Crippen LogP contribution is -2.42. The number of esters is 1. The number of rotatable bonds is 7. The summed E-state index contributed by atoms with van der Waals surface area (Å²) in [6, 6.07) is 10.3. The number of benzene rings is 1. The Kier molecular flexibility index (Phi) is 8.05. The number of carbonyl (C=O) groups is 2. The maximum absolute atomic E-state index is 14.1. The number of amides is 1. The molecular weight excluding hydrogens is 542 g/mol. The molecule has 1 aliphatic carbocycles. The number of methoxy groups -OCH3 is 1. The molecule has 1 aromatic carbocycles. The molecule has 1 amide bonds.